The Labute approximate surface area is 123 Å². The van der Waals surface area contributed by atoms with Crippen LogP contribution in [-0.2, 0) is 4.79 Å². The van der Waals surface area contributed by atoms with Crippen LogP contribution in [0.3, 0.4) is 0 Å². The Morgan fingerprint density at radius 3 is 1.68 bits per heavy atom. The van der Waals surface area contributed by atoms with Crippen molar-refractivity contribution in [1.29, 1.82) is 0 Å². The molecule has 0 aliphatic carbocycles. The van der Waals surface area contributed by atoms with Crippen LogP contribution in [0.2, 0.25) is 0 Å². The van der Waals surface area contributed by atoms with Crippen LogP contribution >= 0.6 is 0 Å². The van der Waals surface area contributed by atoms with Crippen molar-refractivity contribution in [3.05, 3.63) is 35.4 Å². The van der Waals surface area contributed by atoms with Gasteiger partial charge in [-0.05, 0) is 24.6 Å². The average molecular weight is 325 g/mol. The van der Waals surface area contributed by atoms with Crippen molar-refractivity contribution in [1.82, 2.24) is 0 Å². The summed E-state index contributed by atoms with van der Waals surface area (Å²) in [4.78, 5) is 12.3. The van der Waals surface area contributed by atoms with Gasteiger partial charge >= 0.3 is 12.4 Å². The van der Waals surface area contributed by atoms with Crippen LogP contribution in [-0.4, -0.2) is 25.3 Å². The predicted octanol–water partition coefficient (Wildman–Crippen LogP) is 4.57. The molecule has 0 aliphatic heterocycles. The van der Waals surface area contributed by atoms with E-state index in [-0.39, 0.29) is 11.6 Å². The van der Waals surface area contributed by atoms with E-state index in [2.05, 4.69) is 0 Å². The number of halogens is 6. The molecule has 122 valence electrons. The number of amides is 1. The third-order valence-electron chi connectivity index (χ3n) is 3.10. The molecule has 0 aliphatic rings. The standard InChI is InChI=1S/C14H13F6NO/c1-8(13(15,16)17)12(14(18,19)20)10-4-6-11(7-5-10)21(3)9(2)22/h4-7H,1-3H3/b12-8-. The molecule has 22 heavy (non-hydrogen) atoms. The summed E-state index contributed by atoms with van der Waals surface area (Å²) < 4.78 is 76.7. The lowest BCUT2D eigenvalue weighted by Crippen LogP contribution is -2.23. The fraction of sp³-hybridized carbons (Fsp3) is 0.357. The molecule has 0 unspecified atom stereocenters. The molecular weight excluding hydrogens is 312 g/mol. The number of alkyl halides is 6. The first-order chi connectivity index (χ1) is 9.85. The fourth-order valence-corrected chi connectivity index (χ4v) is 1.77. The van der Waals surface area contributed by atoms with Crippen LogP contribution in [0.4, 0.5) is 32.0 Å². The number of rotatable bonds is 2. The van der Waals surface area contributed by atoms with Gasteiger partial charge < -0.3 is 4.90 Å². The molecular formula is C14H13F6NO. The van der Waals surface area contributed by atoms with Crippen molar-refractivity contribution in [2.75, 3.05) is 11.9 Å². The zero-order chi connectivity index (χ0) is 17.3. The third-order valence-corrected chi connectivity index (χ3v) is 3.10. The van der Waals surface area contributed by atoms with Gasteiger partial charge in [-0.25, -0.2) is 0 Å². The van der Waals surface area contributed by atoms with Gasteiger partial charge in [0.05, 0.1) is 5.57 Å². The van der Waals surface area contributed by atoms with Crippen molar-refractivity contribution in [3.8, 4) is 0 Å². The van der Waals surface area contributed by atoms with Crippen LogP contribution in [0.15, 0.2) is 29.8 Å². The van der Waals surface area contributed by atoms with Crippen LogP contribution in [0, 0.1) is 0 Å². The molecule has 0 saturated heterocycles. The van der Waals surface area contributed by atoms with E-state index < -0.39 is 29.1 Å². The number of nitrogens with zero attached hydrogens (tertiary/aromatic N) is 1. The minimum Gasteiger partial charge on any atom is -0.316 e. The monoisotopic (exact) mass is 325 g/mol. The van der Waals surface area contributed by atoms with Crippen LogP contribution in [0.25, 0.3) is 5.57 Å². The zero-order valence-corrected chi connectivity index (χ0v) is 11.9. The third kappa shape index (κ3) is 4.02. The summed E-state index contributed by atoms with van der Waals surface area (Å²) in [6, 6.07) is 4.14. The number of carbonyl (C=O) groups is 1. The second-order valence-electron chi connectivity index (χ2n) is 4.62. The van der Waals surface area contributed by atoms with Crippen molar-refractivity contribution < 1.29 is 31.1 Å². The molecule has 0 spiro atoms. The molecule has 0 saturated carbocycles. The van der Waals surface area contributed by atoms with Gasteiger partial charge in [-0.2, -0.15) is 26.3 Å². The lowest BCUT2D eigenvalue weighted by Gasteiger charge is -2.19. The summed E-state index contributed by atoms with van der Waals surface area (Å²) in [7, 11) is 1.40. The first-order valence-corrected chi connectivity index (χ1v) is 6.05. The second kappa shape index (κ2) is 6.02. The maximum atomic E-state index is 13.0. The normalized spacial score (nSPS) is 13.7. The van der Waals surface area contributed by atoms with Gasteiger partial charge in [0.2, 0.25) is 5.91 Å². The van der Waals surface area contributed by atoms with Crippen molar-refractivity contribution >= 4 is 17.2 Å². The average Bonchev–Trinajstić information content (AvgIpc) is 2.36. The van der Waals surface area contributed by atoms with Gasteiger partial charge in [0.15, 0.2) is 0 Å². The Kier molecular flexibility index (Phi) is 4.94. The number of allylic oxidation sites excluding steroid dienone is 2. The van der Waals surface area contributed by atoms with Gasteiger partial charge in [-0.15, -0.1) is 0 Å². The van der Waals surface area contributed by atoms with E-state index in [4.69, 9.17) is 0 Å². The highest BCUT2D eigenvalue weighted by molar-refractivity contribution is 5.91. The van der Waals surface area contributed by atoms with Gasteiger partial charge in [-0.1, -0.05) is 12.1 Å². The lowest BCUT2D eigenvalue weighted by molar-refractivity contribution is -0.116. The Morgan fingerprint density at radius 2 is 1.36 bits per heavy atom. The second-order valence-corrected chi connectivity index (χ2v) is 4.62. The van der Waals surface area contributed by atoms with E-state index in [9.17, 15) is 31.1 Å². The number of hydrogen-bond donors (Lipinski definition) is 0. The van der Waals surface area contributed by atoms with E-state index in [1.165, 1.54) is 14.0 Å². The molecule has 2 nitrogen and oxygen atoms in total. The number of carbonyl (C=O) groups excluding carboxylic acids is 1. The smallest absolute Gasteiger partial charge is 0.316 e. The van der Waals surface area contributed by atoms with Crippen LogP contribution in [0.5, 0.6) is 0 Å². The van der Waals surface area contributed by atoms with E-state index in [1.54, 1.807) is 0 Å². The minimum absolute atomic E-state index is 0.280. The van der Waals surface area contributed by atoms with Gasteiger partial charge in [-0.3, -0.25) is 4.79 Å². The SMILES string of the molecule is CC(=O)N(C)c1ccc(/C(=C(\C)C(F)(F)F)C(F)(F)F)cc1. The summed E-state index contributed by atoms with van der Waals surface area (Å²) in [5, 5.41) is 0. The number of hydrogen-bond acceptors (Lipinski definition) is 1. The van der Waals surface area contributed by atoms with Gasteiger partial charge in [0.25, 0.3) is 0 Å². The summed E-state index contributed by atoms with van der Waals surface area (Å²) >= 11 is 0. The van der Waals surface area contributed by atoms with E-state index in [0.717, 1.165) is 29.2 Å². The highest BCUT2D eigenvalue weighted by Crippen LogP contribution is 2.41. The summed E-state index contributed by atoms with van der Waals surface area (Å²) in [5.74, 6) is -0.356. The number of anilines is 1. The van der Waals surface area contributed by atoms with Crippen molar-refractivity contribution in [2.45, 2.75) is 26.2 Å². The van der Waals surface area contributed by atoms with Crippen LogP contribution < -0.4 is 4.90 Å². The van der Waals surface area contributed by atoms with E-state index >= 15 is 0 Å². The number of benzene rings is 1. The molecule has 0 bridgehead atoms. The highest BCUT2D eigenvalue weighted by Gasteiger charge is 2.43. The molecule has 0 N–H and O–H groups in total. The molecule has 1 rings (SSSR count). The topological polar surface area (TPSA) is 20.3 Å². The summed E-state index contributed by atoms with van der Waals surface area (Å²) in [5.41, 5.74) is -3.78. The minimum atomic E-state index is -5.15. The quantitative estimate of drug-likeness (QED) is 0.730. The molecule has 0 radical (unpaired) electrons. The largest absolute Gasteiger partial charge is 0.417 e. The molecule has 1 aromatic carbocycles. The maximum Gasteiger partial charge on any atom is 0.417 e. The summed E-state index contributed by atoms with van der Waals surface area (Å²) in [6.45, 7) is 1.64. The van der Waals surface area contributed by atoms with E-state index in [0.29, 0.717) is 6.92 Å². The molecule has 8 heteroatoms. The first-order valence-electron chi connectivity index (χ1n) is 6.05. The summed E-state index contributed by atoms with van der Waals surface area (Å²) in [6.07, 6.45) is -10.2. The molecule has 0 aromatic heterocycles. The van der Waals surface area contributed by atoms with Crippen LogP contribution in [0.1, 0.15) is 19.4 Å². The Bertz CT molecular complexity index is 583. The molecule has 0 atom stereocenters. The molecule has 0 fully saturated rings. The predicted molar refractivity (Wildman–Crippen MR) is 70.2 cm³/mol. The Morgan fingerprint density at radius 1 is 0.909 bits per heavy atom. The highest BCUT2D eigenvalue weighted by atomic mass is 19.4. The van der Waals surface area contributed by atoms with Crippen molar-refractivity contribution in [2.24, 2.45) is 0 Å². The lowest BCUT2D eigenvalue weighted by atomic mass is 9.99. The molecule has 1 aromatic rings. The first kappa shape index (κ1) is 18.1. The molecule has 0 heterocycles. The molecule has 1 amide bonds. The van der Waals surface area contributed by atoms with E-state index in [1.807, 2.05) is 0 Å². The Hall–Kier alpha value is -1.99. The fourth-order valence-electron chi connectivity index (χ4n) is 1.77. The Balaban J connectivity index is 3.39. The maximum absolute atomic E-state index is 13.0. The zero-order valence-electron chi connectivity index (χ0n) is 11.9. The van der Waals surface area contributed by atoms with Gasteiger partial charge in [0, 0.05) is 25.2 Å². The van der Waals surface area contributed by atoms with Gasteiger partial charge in [0.1, 0.15) is 0 Å². The van der Waals surface area contributed by atoms with Crippen molar-refractivity contribution in [3.63, 3.8) is 0 Å².